The average molecular weight is 296 g/mol. The molecule has 1 unspecified atom stereocenters. The van der Waals surface area contributed by atoms with Crippen LogP contribution in [0.1, 0.15) is 58.3 Å². The number of carbonyl (C=O) groups is 1. The van der Waals surface area contributed by atoms with E-state index >= 15 is 0 Å². The second kappa shape index (κ2) is 9.42. The Bertz CT molecular complexity index is 303. The van der Waals surface area contributed by atoms with E-state index in [1.54, 1.807) is 0 Å². The predicted octanol–water partition coefficient (Wildman–Crippen LogP) is 2.57. The topological polar surface area (TPSA) is 41.6 Å². The van der Waals surface area contributed by atoms with Crippen LogP contribution in [0, 0.1) is 5.92 Å². The predicted molar refractivity (Wildman–Crippen MR) is 85.3 cm³/mol. The molecule has 4 heteroatoms. The Morgan fingerprint density at radius 3 is 2.76 bits per heavy atom. The van der Waals surface area contributed by atoms with Gasteiger partial charge in [0.2, 0.25) is 5.91 Å². The quantitative estimate of drug-likeness (QED) is 0.819. The smallest absolute Gasteiger partial charge is 0.224 e. The minimum absolute atomic E-state index is 0.293. The fourth-order valence-corrected chi connectivity index (χ4v) is 3.54. The molecule has 2 heterocycles. The van der Waals surface area contributed by atoms with Crippen LogP contribution < -0.4 is 5.32 Å². The van der Waals surface area contributed by atoms with Crippen molar-refractivity contribution < 1.29 is 9.53 Å². The highest BCUT2D eigenvalue weighted by molar-refractivity contribution is 5.76. The normalized spacial score (nSPS) is 24.8. The van der Waals surface area contributed by atoms with Crippen LogP contribution in [0.2, 0.25) is 0 Å². The number of likely N-dealkylation sites (tertiary alicyclic amines) is 1. The zero-order valence-corrected chi connectivity index (χ0v) is 13.6. The summed E-state index contributed by atoms with van der Waals surface area (Å²) >= 11 is 0. The van der Waals surface area contributed by atoms with Gasteiger partial charge in [-0.25, -0.2) is 0 Å². The van der Waals surface area contributed by atoms with Crippen LogP contribution in [0.25, 0.3) is 0 Å². The maximum Gasteiger partial charge on any atom is 0.224 e. The van der Waals surface area contributed by atoms with Crippen LogP contribution >= 0.6 is 0 Å². The molecule has 0 bridgehead atoms. The molecular weight excluding hydrogens is 264 g/mol. The fourth-order valence-electron chi connectivity index (χ4n) is 3.54. The van der Waals surface area contributed by atoms with E-state index in [0.717, 1.165) is 44.9 Å². The number of nitrogens with zero attached hydrogens (tertiary/aromatic N) is 1. The molecule has 2 saturated heterocycles. The van der Waals surface area contributed by atoms with Gasteiger partial charge in [0.25, 0.3) is 0 Å². The van der Waals surface area contributed by atoms with Gasteiger partial charge in [-0.3, -0.25) is 4.79 Å². The lowest BCUT2D eigenvalue weighted by Gasteiger charge is -2.24. The lowest BCUT2D eigenvalue weighted by molar-refractivity contribution is -0.132. The maximum absolute atomic E-state index is 12.3. The van der Waals surface area contributed by atoms with Gasteiger partial charge in [-0.05, 0) is 51.1 Å². The second-order valence-electron chi connectivity index (χ2n) is 6.54. The van der Waals surface area contributed by atoms with Crippen molar-refractivity contribution in [3.05, 3.63) is 0 Å². The molecule has 122 valence electrons. The number of amides is 1. The van der Waals surface area contributed by atoms with E-state index in [1.165, 1.54) is 32.1 Å². The molecule has 2 aliphatic heterocycles. The minimum atomic E-state index is 0.293. The van der Waals surface area contributed by atoms with Gasteiger partial charge in [0.15, 0.2) is 0 Å². The summed E-state index contributed by atoms with van der Waals surface area (Å²) in [5.41, 5.74) is 0. The van der Waals surface area contributed by atoms with Crippen molar-refractivity contribution in [2.24, 2.45) is 5.92 Å². The van der Waals surface area contributed by atoms with Crippen molar-refractivity contribution in [2.45, 2.75) is 64.4 Å². The number of nitrogens with one attached hydrogen (secondary N) is 1. The molecule has 4 nitrogen and oxygen atoms in total. The first kappa shape index (κ1) is 16.8. The van der Waals surface area contributed by atoms with Crippen LogP contribution in [0.5, 0.6) is 0 Å². The Labute approximate surface area is 129 Å². The highest BCUT2D eigenvalue weighted by atomic mass is 16.5. The SMILES string of the molecule is CCCC1CCCN(C(=O)CCOC2CCNCC2)CC1. The molecule has 0 aromatic carbocycles. The third kappa shape index (κ3) is 5.95. The van der Waals surface area contributed by atoms with Crippen molar-refractivity contribution in [2.75, 3.05) is 32.8 Å². The molecule has 2 aliphatic rings. The summed E-state index contributed by atoms with van der Waals surface area (Å²) in [5, 5.41) is 3.33. The number of hydrogen-bond donors (Lipinski definition) is 1. The summed E-state index contributed by atoms with van der Waals surface area (Å²) in [7, 11) is 0. The highest BCUT2D eigenvalue weighted by Gasteiger charge is 2.20. The molecule has 1 N–H and O–H groups in total. The van der Waals surface area contributed by atoms with E-state index in [9.17, 15) is 4.79 Å². The monoisotopic (exact) mass is 296 g/mol. The summed E-state index contributed by atoms with van der Waals surface area (Å²) in [4.78, 5) is 14.4. The summed E-state index contributed by atoms with van der Waals surface area (Å²) in [6.07, 6.45) is 9.32. The number of ether oxygens (including phenoxy) is 1. The Hall–Kier alpha value is -0.610. The highest BCUT2D eigenvalue weighted by Crippen LogP contribution is 2.22. The fraction of sp³-hybridized carbons (Fsp3) is 0.941. The van der Waals surface area contributed by atoms with E-state index < -0.39 is 0 Å². The first-order valence-corrected chi connectivity index (χ1v) is 8.89. The first-order chi connectivity index (χ1) is 10.3. The Kier molecular flexibility index (Phi) is 7.51. The van der Waals surface area contributed by atoms with E-state index in [2.05, 4.69) is 17.1 Å². The summed E-state index contributed by atoms with van der Waals surface area (Å²) in [5.74, 6) is 1.12. The number of rotatable bonds is 6. The van der Waals surface area contributed by atoms with E-state index in [-0.39, 0.29) is 0 Å². The van der Waals surface area contributed by atoms with Gasteiger partial charge in [0.1, 0.15) is 0 Å². The zero-order chi connectivity index (χ0) is 14.9. The molecule has 0 aromatic heterocycles. The Morgan fingerprint density at radius 2 is 2.00 bits per heavy atom. The van der Waals surface area contributed by atoms with Crippen LogP contribution in [0.3, 0.4) is 0 Å². The molecule has 2 rings (SSSR count). The molecular formula is C17H32N2O2. The van der Waals surface area contributed by atoms with Crippen molar-refractivity contribution >= 4 is 5.91 Å². The maximum atomic E-state index is 12.3. The molecule has 21 heavy (non-hydrogen) atoms. The van der Waals surface area contributed by atoms with Gasteiger partial charge in [0.05, 0.1) is 19.1 Å². The van der Waals surface area contributed by atoms with Crippen molar-refractivity contribution in [3.63, 3.8) is 0 Å². The third-order valence-corrected chi connectivity index (χ3v) is 4.85. The lowest BCUT2D eigenvalue weighted by Crippen LogP contribution is -2.35. The largest absolute Gasteiger partial charge is 0.378 e. The molecule has 0 spiro atoms. The van der Waals surface area contributed by atoms with Gasteiger partial charge >= 0.3 is 0 Å². The van der Waals surface area contributed by atoms with Crippen LogP contribution in [-0.2, 0) is 9.53 Å². The second-order valence-corrected chi connectivity index (χ2v) is 6.54. The van der Waals surface area contributed by atoms with Gasteiger partial charge in [-0.1, -0.05) is 19.8 Å². The van der Waals surface area contributed by atoms with Crippen molar-refractivity contribution in [1.29, 1.82) is 0 Å². The van der Waals surface area contributed by atoms with Crippen LogP contribution in [0.4, 0.5) is 0 Å². The zero-order valence-electron chi connectivity index (χ0n) is 13.6. The lowest BCUT2D eigenvalue weighted by atomic mass is 9.96. The molecule has 0 saturated carbocycles. The Balaban J connectivity index is 1.63. The Morgan fingerprint density at radius 1 is 1.19 bits per heavy atom. The average Bonchev–Trinajstić information content (AvgIpc) is 2.74. The van der Waals surface area contributed by atoms with E-state index in [4.69, 9.17) is 4.74 Å². The van der Waals surface area contributed by atoms with E-state index in [1.807, 2.05) is 0 Å². The van der Waals surface area contributed by atoms with Crippen LogP contribution in [0.15, 0.2) is 0 Å². The van der Waals surface area contributed by atoms with Crippen molar-refractivity contribution in [1.82, 2.24) is 10.2 Å². The first-order valence-electron chi connectivity index (χ1n) is 8.89. The number of hydrogen-bond acceptors (Lipinski definition) is 3. The van der Waals surface area contributed by atoms with Gasteiger partial charge in [-0.15, -0.1) is 0 Å². The third-order valence-electron chi connectivity index (χ3n) is 4.85. The summed E-state index contributed by atoms with van der Waals surface area (Å²) in [6, 6.07) is 0. The molecule has 0 aromatic rings. The molecule has 0 radical (unpaired) electrons. The van der Waals surface area contributed by atoms with E-state index in [0.29, 0.717) is 25.0 Å². The number of carbonyl (C=O) groups excluding carboxylic acids is 1. The molecule has 1 amide bonds. The van der Waals surface area contributed by atoms with Crippen molar-refractivity contribution in [3.8, 4) is 0 Å². The van der Waals surface area contributed by atoms with Gasteiger partial charge in [-0.2, -0.15) is 0 Å². The summed E-state index contributed by atoms with van der Waals surface area (Å²) in [6.45, 7) is 6.85. The number of piperidine rings is 1. The van der Waals surface area contributed by atoms with Gasteiger partial charge in [0, 0.05) is 13.1 Å². The summed E-state index contributed by atoms with van der Waals surface area (Å²) < 4.78 is 5.85. The van der Waals surface area contributed by atoms with Gasteiger partial charge < -0.3 is 15.0 Å². The molecule has 0 aliphatic carbocycles. The minimum Gasteiger partial charge on any atom is -0.378 e. The standard InChI is InChI=1S/C17H32N2O2/c1-2-4-15-5-3-12-19(13-8-15)17(20)9-14-21-16-6-10-18-11-7-16/h15-16,18H,2-14H2,1H3. The molecule has 2 fully saturated rings. The molecule has 1 atom stereocenters. The van der Waals surface area contributed by atoms with Crippen LogP contribution in [-0.4, -0.2) is 49.7 Å².